The molecule has 5 rings (SSSR count). The number of hydrogen-bond acceptors (Lipinski definition) is 8. The van der Waals surface area contributed by atoms with Crippen molar-refractivity contribution in [3.05, 3.63) is 48.5 Å². The highest BCUT2D eigenvalue weighted by Crippen LogP contribution is 2.30. The van der Waals surface area contributed by atoms with Crippen molar-refractivity contribution >= 4 is 23.3 Å². The second-order valence-corrected chi connectivity index (χ2v) is 7.44. The van der Waals surface area contributed by atoms with E-state index in [4.69, 9.17) is 10.6 Å². The van der Waals surface area contributed by atoms with E-state index in [2.05, 4.69) is 25.7 Å². The Morgan fingerprint density at radius 2 is 2.15 bits per heavy atom. The lowest BCUT2D eigenvalue weighted by Gasteiger charge is -2.14. The first-order valence-electron chi connectivity index (χ1n) is 9.94. The lowest BCUT2D eigenvalue weighted by atomic mass is 10.1. The van der Waals surface area contributed by atoms with E-state index in [-0.39, 0.29) is 26.4 Å². The Labute approximate surface area is 193 Å². The second-order valence-electron chi connectivity index (χ2n) is 7.44. The van der Waals surface area contributed by atoms with E-state index in [1.165, 1.54) is 17.9 Å². The molecule has 0 spiro atoms. The first kappa shape index (κ1) is 22.6. The Morgan fingerprint density at radius 3 is 2.85 bits per heavy atom. The van der Waals surface area contributed by atoms with Gasteiger partial charge in [-0.1, -0.05) is 12.3 Å². The molecule has 4 aromatic rings. The fourth-order valence-corrected chi connectivity index (χ4v) is 3.64. The van der Waals surface area contributed by atoms with Crippen LogP contribution in [0.2, 0.25) is 0 Å². The predicted molar refractivity (Wildman–Crippen MR) is 121 cm³/mol. The number of imidazole rings is 1. The van der Waals surface area contributed by atoms with Gasteiger partial charge >= 0.3 is 6.09 Å². The third-order valence-corrected chi connectivity index (χ3v) is 5.20. The number of benzene rings is 1. The summed E-state index contributed by atoms with van der Waals surface area (Å²) in [5, 5.41) is 14.1. The van der Waals surface area contributed by atoms with Crippen molar-refractivity contribution in [2.45, 2.75) is 20.5 Å². The Bertz CT molecular complexity index is 1380. The van der Waals surface area contributed by atoms with E-state index in [1.807, 2.05) is 0 Å². The summed E-state index contributed by atoms with van der Waals surface area (Å²) in [4.78, 5) is 29.8. The number of amides is 2. The second kappa shape index (κ2) is 8.77. The number of fused-ring (bicyclic) bond motifs is 1. The summed E-state index contributed by atoms with van der Waals surface area (Å²) >= 11 is 0. The highest BCUT2D eigenvalue weighted by molar-refractivity contribution is 5.90. The van der Waals surface area contributed by atoms with Gasteiger partial charge in [-0.25, -0.2) is 14.2 Å². The standard InChI is InChI=1S/C20H18FN9O3.CH4/c1-11(31)23-8-14-10-29(20(32)33-14)13-2-3-15(16(21)7-13)12-4-5-28-17(9-24-18(28)6-12)19-25-27-30(22)26-19;/h2-7,9,14H,8,10,22H2,1H3,(H,23,31);1H4/t14-;/m0./s1. The normalized spacial score (nSPS) is 15.3. The number of tetrazole rings is 1. The van der Waals surface area contributed by atoms with Crippen molar-refractivity contribution in [1.82, 2.24) is 35.0 Å². The molecule has 176 valence electrons. The van der Waals surface area contributed by atoms with Crippen LogP contribution < -0.4 is 16.1 Å². The molecule has 1 atom stereocenters. The van der Waals surface area contributed by atoms with Crippen LogP contribution in [0.5, 0.6) is 0 Å². The number of pyridine rings is 1. The van der Waals surface area contributed by atoms with Crippen LogP contribution in [0.4, 0.5) is 14.9 Å². The van der Waals surface area contributed by atoms with Crippen LogP contribution in [0.25, 0.3) is 28.3 Å². The molecule has 4 heterocycles. The molecule has 2 amide bonds. The van der Waals surface area contributed by atoms with Crippen molar-refractivity contribution in [2.75, 3.05) is 23.8 Å². The lowest BCUT2D eigenvalue weighted by Crippen LogP contribution is -2.33. The Kier molecular flexibility index (Phi) is 5.84. The molecule has 0 unspecified atom stereocenters. The third-order valence-electron chi connectivity index (χ3n) is 5.20. The molecule has 13 heteroatoms. The third kappa shape index (κ3) is 4.10. The van der Waals surface area contributed by atoms with E-state index < -0.39 is 18.0 Å². The largest absolute Gasteiger partial charge is 0.442 e. The average molecular weight is 467 g/mol. The summed E-state index contributed by atoms with van der Waals surface area (Å²) in [5.41, 5.74) is 2.46. The van der Waals surface area contributed by atoms with Gasteiger partial charge in [-0.15, -0.1) is 10.2 Å². The van der Waals surface area contributed by atoms with E-state index in [9.17, 15) is 9.59 Å². The van der Waals surface area contributed by atoms with Crippen LogP contribution in [-0.4, -0.2) is 60.9 Å². The summed E-state index contributed by atoms with van der Waals surface area (Å²) in [6, 6.07) is 7.97. The van der Waals surface area contributed by atoms with E-state index in [1.54, 1.807) is 41.1 Å². The minimum atomic E-state index is -0.591. The first-order chi connectivity index (χ1) is 15.9. The van der Waals surface area contributed by atoms with E-state index >= 15 is 4.39 Å². The molecule has 34 heavy (non-hydrogen) atoms. The molecule has 3 aromatic heterocycles. The monoisotopic (exact) mass is 467 g/mol. The molecular formula is C21H22FN9O3. The SMILES string of the molecule is C.CC(=O)NC[C@H]1CN(c2ccc(-c3ccn4c(-c5nnn(N)n5)cnc4c3)c(F)c2)C(=O)O1. The number of aromatic nitrogens is 6. The summed E-state index contributed by atoms with van der Waals surface area (Å²) in [5.74, 6) is 5.04. The number of ether oxygens (including phenoxy) is 1. The number of nitrogen functional groups attached to an aromatic ring is 1. The minimum Gasteiger partial charge on any atom is -0.442 e. The van der Waals surface area contributed by atoms with Crippen LogP contribution in [0, 0.1) is 5.82 Å². The zero-order chi connectivity index (χ0) is 23.1. The van der Waals surface area contributed by atoms with Gasteiger partial charge in [0.1, 0.15) is 23.3 Å². The maximum Gasteiger partial charge on any atom is 0.414 e. The molecule has 0 radical (unpaired) electrons. The van der Waals surface area contributed by atoms with Crippen molar-refractivity contribution < 1.29 is 18.7 Å². The summed E-state index contributed by atoms with van der Waals surface area (Å²) in [7, 11) is 0. The topological polar surface area (TPSA) is 146 Å². The predicted octanol–water partition coefficient (Wildman–Crippen LogP) is 1.61. The maximum absolute atomic E-state index is 15.0. The van der Waals surface area contributed by atoms with Gasteiger partial charge in [0.2, 0.25) is 11.7 Å². The minimum absolute atomic E-state index is 0. The number of nitrogens with zero attached hydrogens (tertiary/aromatic N) is 7. The summed E-state index contributed by atoms with van der Waals surface area (Å²) in [6.45, 7) is 1.79. The number of nitrogens with two attached hydrogens (primary N) is 1. The van der Waals surface area contributed by atoms with Gasteiger partial charge in [0.15, 0.2) is 0 Å². The number of anilines is 1. The molecule has 1 saturated heterocycles. The molecule has 0 saturated carbocycles. The Morgan fingerprint density at radius 1 is 1.32 bits per heavy atom. The van der Waals surface area contributed by atoms with Crippen LogP contribution in [0.1, 0.15) is 14.4 Å². The van der Waals surface area contributed by atoms with Crippen molar-refractivity contribution in [3.8, 4) is 22.6 Å². The number of nitrogens with one attached hydrogen (secondary N) is 1. The Balaban J connectivity index is 0.00000274. The molecule has 1 fully saturated rings. The molecule has 1 aliphatic heterocycles. The van der Waals surface area contributed by atoms with Crippen molar-refractivity contribution in [3.63, 3.8) is 0 Å². The zero-order valence-electron chi connectivity index (χ0n) is 17.3. The van der Waals surface area contributed by atoms with Gasteiger partial charge < -0.3 is 15.9 Å². The number of cyclic esters (lactones) is 1. The van der Waals surface area contributed by atoms with Gasteiger partial charge in [0.05, 0.1) is 25.0 Å². The van der Waals surface area contributed by atoms with Gasteiger partial charge in [0.25, 0.3) is 0 Å². The fraction of sp³-hybridized carbons (Fsp3) is 0.238. The molecule has 0 aliphatic carbocycles. The van der Waals surface area contributed by atoms with Crippen molar-refractivity contribution in [1.29, 1.82) is 0 Å². The summed E-state index contributed by atoms with van der Waals surface area (Å²) < 4.78 is 22.0. The smallest absolute Gasteiger partial charge is 0.414 e. The van der Waals surface area contributed by atoms with E-state index in [0.29, 0.717) is 34.0 Å². The van der Waals surface area contributed by atoms with Gasteiger partial charge in [-0.2, -0.15) is 0 Å². The number of carbonyl (C=O) groups is 2. The average Bonchev–Trinajstić information content (AvgIpc) is 3.49. The van der Waals surface area contributed by atoms with Crippen LogP contribution in [-0.2, 0) is 9.53 Å². The summed E-state index contributed by atoms with van der Waals surface area (Å²) in [6.07, 6.45) is 2.21. The molecule has 12 nitrogen and oxygen atoms in total. The highest BCUT2D eigenvalue weighted by Gasteiger charge is 2.32. The zero-order valence-corrected chi connectivity index (χ0v) is 17.3. The number of carbonyl (C=O) groups excluding carboxylic acids is 2. The molecule has 3 N–H and O–H groups in total. The van der Waals surface area contributed by atoms with Gasteiger partial charge in [0, 0.05) is 18.7 Å². The van der Waals surface area contributed by atoms with Gasteiger partial charge in [-0.05, 0) is 41.1 Å². The Hall–Kier alpha value is -4.55. The molecule has 1 aliphatic rings. The van der Waals surface area contributed by atoms with Crippen LogP contribution in [0.3, 0.4) is 0 Å². The molecule has 1 aromatic carbocycles. The number of rotatable bonds is 5. The maximum atomic E-state index is 15.0. The lowest BCUT2D eigenvalue weighted by molar-refractivity contribution is -0.119. The first-order valence-corrected chi connectivity index (χ1v) is 9.94. The fourth-order valence-electron chi connectivity index (χ4n) is 3.64. The molecule has 0 bridgehead atoms. The van der Waals surface area contributed by atoms with Gasteiger partial charge in [-0.3, -0.25) is 14.1 Å². The molecular weight excluding hydrogens is 445 g/mol. The van der Waals surface area contributed by atoms with E-state index in [0.717, 1.165) is 4.91 Å². The van der Waals surface area contributed by atoms with Crippen LogP contribution in [0.15, 0.2) is 42.7 Å². The number of hydrogen-bond donors (Lipinski definition) is 2. The quantitative estimate of drug-likeness (QED) is 0.421. The van der Waals surface area contributed by atoms with Crippen molar-refractivity contribution in [2.24, 2.45) is 0 Å². The van der Waals surface area contributed by atoms with Crippen LogP contribution >= 0.6 is 0 Å². The number of halogens is 1. The highest BCUT2D eigenvalue weighted by atomic mass is 19.1.